The first-order valence-electron chi connectivity index (χ1n) is 8.34. The van der Waals surface area contributed by atoms with Gasteiger partial charge in [0.25, 0.3) is 0 Å². The van der Waals surface area contributed by atoms with Gasteiger partial charge in [-0.3, -0.25) is 4.79 Å². The smallest absolute Gasteiger partial charge is 0.192 e. The largest absolute Gasteiger partial charge is 0.410 e. The quantitative estimate of drug-likeness (QED) is 0.493. The van der Waals surface area contributed by atoms with Crippen molar-refractivity contribution in [3.05, 3.63) is 11.0 Å². The monoisotopic (exact) mass is 344 g/mol. The predicted molar refractivity (Wildman–Crippen MR) is 97.8 cm³/mol. The SMILES string of the molecule is CC(C)(C)[Si](C)(C)OC1C=C(SCCCCCCO)C(=O)C1. The second kappa shape index (κ2) is 8.67. The Balaban J connectivity index is 2.41. The fourth-order valence-corrected chi connectivity index (χ4v) is 4.44. The van der Waals surface area contributed by atoms with E-state index in [1.165, 1.54) is 0 Å². The zero-order chi connectivity index (χ0) is 16.8. The summed E-state index contributed by atoms with van der Waals surface area (Å²) >= 11 is 1.67. The van der Waals surface area contributed by atoms with Gasteiger partial charge >= 0.3 is 0 Å². The normalized spacial score (nSPS) is 19.6. The molecule has 1 N–H and O–H groups in total. The first-order valence-corrected chi connectivity index (χ1v) is 12.2. The molecular weight excluding hydrogens is 312 g/mol. The second-order valence-electron chi connectivity index (χ2n) is 7.56. The zero-order valence-electron chi connectivity index (χ0n) is 14.8. The summed E-state index contributed by atoms with van der Waals surface area (Å²) in [5.74, 6) is 1.22. The highest BCUT2D eigenvalue weighted by Gasteiger charge is 2.40. The van der Waals surface area contributed by atoms with Crippen molar-refractivity contribution in [2.24, 2.45) is 0 Å². The van der Waals surface area contributed by atoms with Gasteiger partial charge in [0.1, 0.15) is 0 Å². The molecule has 0 aromatic heterocycles. The first kappa shape index (κ1) is 19.9. The van der Waals surface area contributed by atoms with Crippen LogP contribution in [0.5, 0.6) is 0 Å². The third kappa shape index (κ3) is 6.18. The highest BCUT2D eigenvalue weighted by molar-refractivity contribution is 8.04. The molecule has 0 aromatic carbocycles. The van der Waals surface area contributed by atoms with E-state index in [1.54, 1.807) is 11.8 Å². The van der Waals surface area contributed by atoms with Crippen molar-refractivity contribution in [3.8, 4) is 0 Å². The van der Waals surface area contributed by atoms with Gasteiger partial charge in [-0.25, -0.2) is 0 Å². The van der Waals surface area contributed by atoms with Crippen LogP contribution in [0.2, 0.25) is 18.1 Å². The maximum Gasteiger partial charge on any atom is 0.192 e. The Morgan fingerprint density at radius 1 is 1.27 bits per heavy atom. The molecule has 22 heavy (non-hydrogen) atoms. The van der Waals surface area contributed by atoms with Gasteiger partial charge in [-0.15, -0.1) is 11.8 Å². The van der Waals surface area contributed by atoms with E-state index in [0.29, 0.717) is 6.42 Å². The molecule has 128 valence electrons. The highest BCUT2D eigenvalue weighted by atomic mass is 32.2. The summed E-state index contributed by atoms with van der Waals surface area (Å²) in [5.41, 5.74) is 0. The second-order valence-corrected chi connectivity index (χ2v) is 13.5. The van der Waals surface area contributed by atoms with E-state index in [1.807, 2.05) is 6.08 Å². The highest BCUT2D eigenvalue weighted by Crippen LogP contribution is 2.39. The molecular formula is C17H32O3SSi. The lowest BCUT2D eigenvalue weighted by molar-refractivity contribution is -0.115. The van der Waals surface area contributed by atoms with Crippen LogP contribution in [-0.2, 0) is 9.22 Å². The summed E-state index contributed by atoms with van der Waals surface area (Å²) in [7, 11) is -1.81. The molecule has 3 nitrogen and oxygen atoms in total. The predicted octanol–water partition coefficient (Wildman–Crippen LogP) is 4.52. The van der Waals surface area contributed by atoms with Crippen LogP contribution in [0.4, 0.5) is 0 Å². The van der Waals surface area contributed by atoms with E-state index in [9.17, 15) is 4.79 Å². The van der Waals surface area contributed by atoms with Crippen molar-refractivity contribution in [1.82, 2.24) is 0 Å². The molecule has 1 atom stereocenters. The number of carbonyl (C=O) groups is 1. The molecule has 0 amide bonds. The van der Waals surface area contributed by atoms with Crippen LogP contribution in [-0.4, -0.2) is 37.7 Å². The van der Waals surface area contributed by atoms with Crippen LogP contribution in [0.15, 0.2) is 11.0 Å². The average molecular weight is 345 g/mol. The van der Waals surface area contributed by atoms with Gasteiger partial charge in [0.05, 0.1) is 6.10 Å². The van der Waals surface area contributed by atoms with Crippen LogP contribution in [0.3, 0.4) is 0 Å². The molecule has 1 aliphatic carbocycles. The molecule has 0 bridgehead atoms. The Bertz CT molecular complexity index is 399. The third-order valence-electron chi connectivity index (χ3n) is 4.56. The van der Waals surface area contributed by atoms with Gasteiger partial charge in [-0.1, -0.05) is 33.6 Å². The van der Waals surface area contributed by atoms with Crippen LogP contribution in [0.25, 0.3) is 0 Å². The number of allylic oxidation sites excluding steroid dienone is 1. The lowest BCUT2D eigenvalue weighted by Crippen LogP contribution is -2.43. The van der Waals surface area contributed by atoms with Gasteiger partial charge < -0.3 is 9.53 Å². The molecule has 0 aliphatic heterocycles. The number of thioether (sulfide) groups is 1. The number of ketones is 1. The Labute approximate surface area is 141 Å². The topological polar surface area (TPSA) is 46.5 Å². The van der Waals surface area contributed by atoms with Crippen molar-refractivity contribution in [3.63, 3.8) is 0 Å². The standard InChI is InChI=1S/C17H32O3SSi/c1-17(2,3)22(4,5)20-14-12-15(19)16(13-14)21-11-9-7-6-8-10-18/h13-14,18H,6-12H2,1-5H3. The Morgan fingerprint density at radius 3 is 2.50 bits per heavy atom. The molecule has 0 spiro atoms. The van der Waals surface area contributed by atoms with E-state index in [4.69, 9.17) is 9.53 Å². The van der Waals surface area contributed by atoms with E-state index < -0.39 is 8.32 Å². The number of carbonyl (C=O) groups excluding carboxylic acids is 1. The van der Waals surface area contributed by atoms with Crippen LogP contribution in [0.1, 0.15) is 52.9 Å². The van der Waals surface area contributed by atoms with Gasteiger partial charge in [-0.2, -0.15) is 0 Å². The van der Waals surface area contributed by atoms with Crippen molar-refractivity contribution >= 4 is 25.9 Å². The Hall–Kier alpha value is -0.103. The molecule has 0 aromatic rings. The van der Waals surface area contributed by atoms with Gasteiger partial charge in [0.2, 0.25) is 0 Å². The first-order chi connectivity index (χ1) is 10.2. The van der Waals surface area contributed by atoms with Crippen LogP contribution in [0, 0.1) is 0 Å². The minimum absolute atomic E-state index is 0.0229. The molecule has 5 heteroatoms. The molecule has 0 saturated heterocycles. The molecule has 0 fully saturated rings. The maximum absolute atomic E-state index is 12.1. The number of hydrogen-bond acceptors (Lipinski definition) is 4. The van der Waals surface area contributed by atoms with E-state index in [2.05, 4.69) is 33.9 Å². The number of aliphatic hydroxyl groups excluding tert-OH is 1. The lowest BCUT2D eigenvalue weighted by Gasteiger charge is -2.37. The molecule has 1 aliphatic rings. The molecule has 1 rings (SSSR count). The summed E-state index contributed by atoms with van der Waals surface area (Å²) in [6.45, 7) is 11.4. The minimum Gasteiger partial charge on any atom is -0.410 e. The van der Waals surface area contributed by atoms with E-state index in [-0.39, 0.29) is 23.5 Å². The minimum atomic E-state index is -1.81. The van der Waals surface area contributed by atoms with Crippen molar-refractivity contribution in [2.75, 3.05) is 12.4 Å². The molecule has 1 unspecified atom stereocenters. The summed E-state index contributed by atoms with van der Waals surface area (Å²) in [5, 5.41) is 8.91. The Morgan fingerprint density at radius 2 is 1.91 bits per heavy atom. The third-order valence-corrected chi connectivity index (χ3v) is 10.2. The van der Waals surface area contributed by atoms with E-state index >= 15 is 0 Å². The van der Waals surface area contributed by atoms with Crippen LogP contribution < -0.4 is 0 Å². The maximum atomic E-state index is 12.1. The number of unbranched alkanes of at least 4 members (excludes halogenated alkanes) is 3. The van der Waals surface area contributed by atoms with Gasteiger partial charge in [0.15, 0.2) is 14.1 Å². The summed E-state index contributed by atoms with van der Waals surface area (Å²) in [4.78, 5) is 13.0. The lowest BCUT2D eigenvalue weighted by atomic mass is 10.2. The van der Waals surface area contributed by atoms with Crippen molar-refractivity contribution in [1.29, 1.82) is 0 Å². The fraction of sp³-hybridized carbons (Fsp3) is 0.824. The summed E-state index contributed by atoms with van der Waals surface area (Å²) in [6.07, 6.45) is 6.71. The van der Waals surface area contributed by atoms with E-state index in [0.717, 1.165) is 36.3 Å². The van der Waals surface area contributed by atoms with Crippen LogP contribution >= 0.6 is 11.8 Å². The number of hydrogen-bond donors (Lipinski definition) is 1. The van der Waals surface area contributed by atoms with Gasteiger partial charge in [0, 0.05) is 17.9 Å². The summed E-state index contributed by atoms with van der Waals surface area (Å²) < 4.78 is 6.32. The molecule has 0 radical (unpaired) electrons. The zero-order valence-corrected chi connectivity index (χ0v) is 16.6. The number of aliphatic hydroxyl groups is 1. The van der Waals surface area contributed by atoms with Crippen molar-refractivity contribution < 1.29 is 14.3 Å². The van der Waals surface area contributed by atoms with Crippen molar-refractivity contribution in [2.45, 2.75) is 77.1 Å². The molecule has 0 heterocycles. The number of Topliss-reactive ketones (excluding diaryl/α,β-unsaturated/α-hetero) is 1. The van der Waals surface area contributed by atoms with Gasteiger partial charge in [-0.05, 0) is 42.8 Å². The average Bonchev–Trinajstić information content (AvgIpc) is 2.72. The number of rotatable bonds is 9. The summed E-state index contributed by atoms with van der Waals surface area (Å²) in [6, 6.07) is 0. The Kier molecular flexibility index (Phi) is 7.86. The fourth-order valence-electron chi connectivity index (χ4n) is 2.11. The molecule has 0 saturated carbocycles.